The molecule has 0 aliphatic carbocycles. The number of amides is 5. The molecule has 0 atom stereocenters. The number of carboxylic acids is 1. The van der Waals surface area contributed by atoms with Gasteiger partial charge in [0.25, 0.3) is 5.91 Å². The highest BCUT2D eigenvalue weighted by atomic mass is 35.5. The lowest BCUT2D eigenvalue weighted by atomic mass is 9.88. The number of nitrogens with zero attached hydrogens (tertiary/aromatic N) is 9. The molecule has 7 N–H and O–H groups in total. The summed E-state index contributed by atoms with van der Waals surface area (Å²) in [6.45, 7) is 4.06. The number of carboxylic acid groups (broad SMARTS) is 1. The van der Waals surface area contributed by atoms with Crippen molar-refractivity contribution in [2.24, 2.45) is 0 Å². The monoisotopic (exact) mass is 1080 g/mol. The molecule has 22 nitrogen and oxygen atoms in total. The van der Waals surface area contributed by atoms with E-state index in [2.05, 4.69) is 51.7 Å². The second kappa shape index (κ2) is 23.0. The number of fused-ring (bicyclic) bond motifs is 2. The quantitative estimate of drug-likeness (QED) is 0.0425. The van der Waals surface area contributed by atoms with Gasteiger partial charge in [0.2, 0.25) is 23.7 Å². The van der Waals surface area contributed by atoms with Crippen LogP contribution in [-0.4, -0.2) is 148 Å². The lowest BCUT2D eigenvalue weighted by molar-refractivity contribution is -0.141. The van der Waals surface area contributed by atoms with Gasteiger partial charge in [0.1, 0.15) is 42.5 Å². The average Bonchev–Trinajstić information content (AvgIpc) is 4.21. The number of anilines is 5. The van der Waals surface area contributed by atoms with Crippen molar-refractivity contribution in [3.05, 3.63) is 113 Å². The van der Waals surface area contributed by atoms with Gasteiger partial charge in [-0.15, -0.1) is 9.69 Å². The smallest absolute Gasteiger partial charge is 0.340 e. The summed E-state index contributed by atoms with van der Waals surface area (Å²) in [4.78, 5) is 91.7. The van der Waals surface area contributed by atoms with Crippen LogP contribution in [0.5, 0.6) is 0 Å². The van der Waals surface area contributed by atoms with Crippen molar-refractivity contribution in [1.82, 2.24) is 60.4 Å². The number of piperazine rings is 1. The molecule has 4 bridgehead atoms. The normalized spacial score (nSPS) is 16.9. The summed E-state index contributed by atoms with van der Waals surface area (Å²) in [5, 5.41) is 36.8. The van der Waals surface area contributed by atoms with Crippen LogP contribution in [0.2, 0.25) is 5.02 Å². The second-order valence-electron chi connectivity index (χ2n) is 19.5. The molecule has 7 heterocycles. The third-order valence-electron chi connectivity index (χ3n) is 14.6. The Balaban J connectivity index is 0.710. The first-order valence-corrected chi connectivity index (χ1v) is 26.2. The molecule has 78 heavy (non-hydrogen) atoms. The van der Waals surface area contributed by atoms with Crippen LogP contribution in [-0.2, 0) is 30.5 Å². The molecule has 0 saturated carbocycles. The Morgan fingerprint density at radius 2 is 1.58 bits per heavy atom. The molecule has 0 radical (unpaired) electrons. The molecular weight excluding hydrogens is 1030 g/mol. The second-order valence-corrected chi connectivity index (χ2v) is 19.9. The molecular formula is C54H58ClFN15O7+. The highest BCUT2D eigenvalue weighted by Crippen LogP contribution is 2.42. The molecule has 7 aromatic rings. The summed E-state index contributed by atoms with van der Waals surface area (Å²) >= 11 is 6.43. The maximum Gasteiger partial charge on any atom is 0.340 e. The van der Waals surface area contributed by atoms with E-state index in [4.69, 9.17) is 26.9 Å². The van der Waals surface area contributed by atoms with E-state index in [9.17, 15) is 28.8 Å². The standard InChI is InChI=1S/C54H57ClFN15O7/c1-57-53(78)38-6-2-3-8-42(38)64-52-40(55)29-61-54(65-52)63-35-10-12-36(13-11-35)68-22-20-67(21-23-68)19-5-18-58-45(72)14-15-48(75)71-24-16-33(17-25-71)51-50-37(39-27-44-34(26-41(39)56)28-62-70(44)71)7-4-9-43(50)69(66-51)32-47(74)59-30-46(73)60-31-49(76)77/h2-4,6-13,26-29,33H,5,14-25,30-32H2,1H3,(H6-,57,58,59,60,61,63,64,65,72,73,74,76,77,78)/p+1. The molecule has 404 valence electrons. The van der Waals surface area contributed by atoms with Gasteiger partial charge in [-0.2, -0.15) is 10.1 Å². The fraction of sp³-hybridized carbons (Fsp3) is 0.333. The van der Waals surface area contributed by atoms with Crippen molar-refractivity contribution < 1.29 is 38.3 Å². The molecule has 0 unspecified atom stereocenters. The number of quaternary nitrogens is 1. The minimum Gasteiger partial charge on any atom is -0.480 e. The van der Waals surface area contributed by atoms with Crippen LogP contribution in [0.4, 0.5) is 33.2 Å². The van der Waals surface area contributed by atoms with Gasteiger partial charge in [0, 0.05) is 92.7 Å². The average molecular weight is 1080 g/mol. The first-order valence-electron chi connectivity index (χ1n) is 25.8. The van der Waals surface area contributed by atoms with Gasteiger partial charge in [-0.05, 0) is 73.1 Å². The van der Waals surface area contributed by atoms with E-state index in [0.29, 0.717) is 93.6 Å². The van der Waals surface area contributed by atoms with E-state index in [0.717, 1.165) is 50.5 Å². The zero-order valence-corrected chi connectivity index (χ0v) is 43.5. The fourth-order valence-electron chi connectivity index (χ4n) is 10.6. The zero-order chi connectivity index (χ0) is 54.5. The third kappa shape index (κ3) is 11.3. The maximum atomic E-state index is 16.2. The Morgan fingerprint density at radius 3 is 2.35 bits per heavy atom. The summed E-state index contributed by atoms with van der Waals surface area (Å²) in [5.74, 6) is -3.02. The predicted octanol–water partition coefficient (Wildman–Crippen LogP) is 4.76. The molecule has 0 spiro atoms. The first-order chi connectivity index (χ1) is 37.8. The third-order valence-corrected chi connectivity index (χ3v) is 14.9. The number of benzene rings is 4. The Morgan fingerprint density at radius 1 is 0.808 bits per heavy atom. The fourth-order valence-corrected chi connectivity index (χ4v) is 10.7. The van der Waals surface area contributed by atoms with Crippen LogP contribution in [0.25, 0.3) is 32.9 Å². The molecule has 4 aromatic carbocycles. The van der Waals surface area contributed by atoms with E-state index in [1.54, 1.807) is 54.4 Å². The molecule has 4 aliphatic rings. The molecule has 5 amide bonds. The number of hydrogen-bond acceptors (Lipinski definition) is 14. The largest absolute Gasteiger partial charge is 0.480 e. The number of piperidine rings is 1. The molecule has 2 fully saturated rings. The van der Waals surface area contributed by atoms with Crippen LogP contribution in [0.15, 0.2) is 91.3 Å². The van der Waals surface area contributed by atoms with E-state index >= 15 is 4.39 Å². The highest BCUT2D eigenvalue weighted by Gasteiger charge is 2.46. The van der Waals surface area contributed by atoms with E-state index in [1.807, 2.05) is 36.4 Å². The van der Waals surface area contributed by atoms with Crippen LogP contribution in [0, 0.1) is 5.82 Å². The Hall–Kier alpha value is -8.54. The van der Waals surface area contributed by atoms with Crippen molar-refractivity contribution in [1.29, 1.82) is 0 Å². The minimum absolute atomic E-state index is 0.00550. The van der Waals surface area contributed by atoms with Crippen molar-refractivity contribution in [2.45, 2.75) is 44.6 Å². The number of carbonyl (C=O) groups excluding carboxylic acids is 5. The number of aromatic nitrogens is 6. The van der Waals surface area contributed by atoms with Crippen LogP contribution in [0.1, 0.15) is 54.1 Å². The van der Waals surface area contributed by atoms with Crippen molar-refractivity contribution >= 4 is 97.7 Å². The van der Waals surface area contributed by atoms with Gasteiger partial charge in [0.15, 0.2) is 5.82 Å². The zero-order valence-electron chi connectivity index (χ0n) is 42.7. The van der Waals surface area contributed by atoms with Gasteiger partial charge >= 0.3 is 11.9 Å². The van der Waals surface area contributed by atoms with Gasteiger partial charge in [-0.3, -0.25) is 33.6 Å². The maximum absolute atomic E-state index is 16.2. The van der Waals surface area contributed by atoms with Gasteiger partial charge < -0.3 is 41.9 Å². The SMILES string of the molecule is CNC(=O)c1ccccc1Nc1nc(Nc2ccc(N3CCN(CCCNC(=O)CCC(=O)[N+]45CCC(CC4)c4nn(CC(=O)NCC(=O)NCC(=O)O)c6cccc(c46)-c4cc6c(cnn65)cc4F)CC3)cc2)ncc1Cl. The summed E-state index contributed by atoms with van der Waals surface area (Å²) in [6.07, 6.45) is 4.78. The van der Waals surface area contributed by atoms with Crippen LogP contribution >= 0.6 is 11.6 Å². The number of halogens is 2. The topological polar surface area (TPSA) is 263 Å². The number of hydrogen-bond donors (Lipinski definition) is 7. The lowest BCUT2D eigenvalue weighted by Crippen LogP contribution is -2.65. The number of aliphatic carboxylic acids is 1. The van der Waals surface area contributed by atoms with Crippen molar-refractivity contribution in [3.8, 4) is 11.1 Å². The number of para-hydroxylation sites is 1. The van der Waals surface area contributed by atoms with Crippen LogP contribution in [0.3, 0.4) is 0 Å². The van der Waals surface area contributed by atoms with Gasteiger partial charge in [-0.25, -0.2) is 14.2 Å². The molecule has 24 heteroatoms. The summed E-state index contributed by atoms with van der Waals surface area (Å²) < 4.78 is 17.6. The van der Waals surface area contributed by atoms with Crippen molar-refractivity contribution in [3.63, 3.8) is 0 Å². The van der Waals surface area contributed by atoms with E-state index in [-0.39, 0.29) is 53.2 Å². The Bertz CT molecular complexity index is 3440. The first kappa shape index (κ1) is 52.9. The number of carbonyl (C=O) groups is 6. The summed E-state index contributed by atoms with van der Waals surface area (Å²) in [6, 6.07) is 23.6. The van der Waals surface area contributed by atoms with Gasteiger partial charge in [0.05, 0.1) is 47.8 Å². The lowest BCUT2D eigenvalue weighted by Gasteiger charge is -2.39. The Kier molecular flexibility index (Phi) is 15.6. The van der Waals surface area contributed by atoms with Gasteiger partial charge in [-0.1, -0.05) is 40.7 Å². The van der Waals surface area contributed by atoms with Crippen molar-refractivity contribution in [2.75, 3.05) is 88.0 Å². The Labute approximate surface area is 451 Å². The number of rotatable bonds is 19. The molecule has 11 rings (SSSR count). The summed E-state index contributed by atoms with van der Waals surface area (Å²) in [7, 11) is 1.57. The summed E-state index contributed by atoms with van der Waals surface area (Å²) in [5.41, 5.74) is 5.56. The molecule has 4 aliphatic heterocycles. The van der Waals surface area contributed by atoms with E-state index < -0.39 is 36.7 Å². The highest BCUT2D eigenvalue weighted by molar-refractivity contribution is 6.33. The van der Waals surface area contributed by atoms with E-state index in [1.165, 1.54) is 16.9 Å². The molecule has 3 aromatic heterocycles. The minimum atomic E-state index is -1.21. The number of nitrogens with one attached hydrogen (secondary N) is 6. The van der Waals surface area contributed by atoms with Crippen LogP contribution < -0.4 is 41.4 Å². The molecule has 2 saturated heterocycles. The predicted molar refractivity (Wildman–Crippen MR) is 292 cm³/mol.